The van der Waals surface area contributed by atoms with Crippen molar-refractivity contribution in [1.29, 1.82) is 0 Å². The van der Waals surface area contributed by atoms with E-state index in [4.69, 9.17) is 9.47 Å². The van der Waals surface area contributed by atoms with Crippen LogP contribution in [0.2, 0.25) is 0 Å². The zero-order valence-electron chi connectivity index (χ0n) is 14.8. The first-order chi connectivity index (χ1) is 11.7. The number of ketones is 1. The topological polar surface area (TPSA) is 55.8 Å². The first kappa shape index (κ1) is 17.7. The van der Waals surface area contributed by atoms with E-state index in [2.05, 4.69) is 0 Å². The molecule has 136 valence electrons. The van der Waals surface area contributed by atoms with E-state index in [0.29, 0.717) is 31.4 Å². The molecule has 25 heavy (non-hydrogen) atoms. The fourth-order valence-electron chi connectivity index (χ4n) is 3.62. The minimum atomic E-state index is -0.573. The van der Waals surface area contributed by atoms with Crippen LogP contribution in [-0.2, 0) is 9.53 Å². The van der Waals surface area contributed by atoms with E-state index in [1.807, 2.05) is 20.8 Å². The predicted molar refractivity (Wildman–Crippen MR) is 89.9 cm³/mol. The second kappa shape index (κ2) is 6.65. The molecule has 2 atom stereocenters. The molecule has 0 aromatic heterocycles. The molecule has 0 N–H and O–H groups in total. The van der Waals surface area contributed by atoms with Crippen LogP contribution in [0, 0.1) is 5.82 Å². The lowest BCUT2D eigenvalue weighted by Crippen LogP contribution is -2.59. The average Bonchev–Trinajstić information content (AvgIpc) is 2.46. The van der Waals surface area contributed by atoms with Crippen LogP contribution in [0.15, 0.2) is 24.3 Å². The van der Waals surface area contributed by atoms with Crippen LogP contribution in [0.25, 0.3) is 0 Å². The lowest BCUT2D eigenvalue weighted by atomic mass is 9.82. The Hall–Kier alpha value is -2.11. The molecule has 2 aliphatic rings. The molecule has 0 aliphatic carbocycles. The third-order valence-electron chi connectivity index (χ3n) is 4.50. The van der Waals surface area contributed by atoms with E-state index < -0.39 is 5.60 Å². The van der Waals surface area contributed by atoms with Gasteiger partial charge in [-0.05, 0) is 45.0 Å². The van der Waals surface area contributed by atoms with Crippen molar-refractivity contribution in [3.63, 3.8) is 0 Å². The Morgan fingerprint density at radius 1 is 1.12 bits per heavy atom. The Kier molecular flexibility index (Phi) is 4.71. The van der Waals surface area contributed by atoms with Gasteiger partial charge in [0.1, 0.15) is 29.1 Å². The van der Waals surface area contributed by atoms with Crippen molar-refractivity contribution in [2.75, 3.05) is 0 Å². The van der Waals surface area contributed by atoms with Gasteiger partial charge in [-0.3, -0.25) is 4.79 Å². The molecule has 2 saturated heterocycles. The van der Waals surface area contributed by atoms with Crippen molar-refractivity contribution in [3.8, 4) is 5.75 Å². The lowest BCUT2D eigenvalue weighted by molar-refractivity contribution is -0.128. The summed E-state index contributed by atoms with van der Waals surface area (Å²) in [5.74, 6) is 0.464. The van der Waals surface area contributed by atoms with Crippen molar-refractivity contribution >= 4 is 11.9 Å². The van der Waals surface area contributed by atoms with Crippen LogP contribution in [-0.4, -0.2) is 40.6 Å². The largest absolute Gasteiger partial charge is 0.490 e. The number of halogens is 1. The smallest absolute Gasteiger partial charge is 0.410 e. The van der Waals surface area contributed by atoms with Gasteiger partial charge < -0.3 is 14.4 Å². The maximum Gasteiger partial charge on any atom is 0.410 e. The van der Waals surface area contributed by atoms with E-state index in [0.717, 1.165) is 0 Å². The molecule has 0 spiro atoms. The molecule has 0 unspecified atom stereocenters. The number of nitrogens with zero attached hydrogens (tertiary/aromatic N) is 1. The number of fused-ring (bicyclic) bond motifs is 2. The average molecular weight is 349 g/mol. The van der Waals surface area contributed by atoms with Crippen LogP contribution < -0.4 is 4.74 Å². The Morgan fingerprint density at radius 3 is 2.20 bits per heavy atom. The fourth-order valence-corrected chi connectivity index (χ4v) is 3.62. The van der Waals surface area contributed by atoms with E-state index in [-0.39, 0.29) is 35.9 Å². The first-order valence-electron chi connectivity index (χ1n) is 8.66. The number of piperidine rings is 2. The van der Waals surface area contributed by atoms with Gasteiger partial charge in [-0.2, -0.15) is 0 Å². The Labute approximate surface area is 147 Å². The SMILES string of the molecule is CC(C)(C)OC(=O)N1[C@@H]2CC(=O)C[C@@H]1CC(Oc1ccc(F)cc1)C2. The second-order valence-corrected chi connectivity index (χ2v) is 7.81. The highest BCUT2D eigenvalue weighted by molar-refractivity contribution is 5.83. The maximum atomic E-state index is 13.0. The first-order valence-corrected chi connectivity index (χ1v) is 8.66. The summed E-state index contributed by atoms with van der Waals surface area (Å²) in [6.45, 7) is 5.49. The summed E-state index contributed by atoms with van der Waals surface area (Å²) < 4.78 is 24.5. The summed E-state index contributed by atoms with van der Waals surface area (Å²) in [4.78, 5) is 26.2. The number of benzene rings is 1. The van der Waals surface area contributed by atoms with Gasteiger partial charge in [-0.1, -0.05) is 0 Å². The minimum absolute atomic E-state index is 0.104. The third kappa shape index (κ3) is 4.30. The highest BCUT2D eigenvalue weighted by Crippen LogP contribution is 2.35. The lowest BCUT2D eigenvalue weighted by Gasteiger charge is -2.47. The third-order valence-corrected chi connectivity index (χ3v) is 4.50. The van der Waals surface area contributed by atoms with Crippen molar-refractivity contribution in [3.05, 3.63) is 30.1 Å². The summed E-state index contributed by atoms with van der Waals surface area (Å²) >= 11 is 0. The number of Topliss-reactive ketones (excluding diaryl/α,β-unsaturated/α-hetero) is 1. The zero-order valence-corrected chi connectivity index (χ0v) is 14.8. The van der Waals surface area contributed by atoms with E-state index in [1.54, 1.807) is 17.0 Å². The van der Waals surface area contributed by atoms with Crippen molar-refractivity contribution in [2.24, 2.45) is 0 Å². The van der Waals surface area contributed by atoms with E-state index in [9.17, 15) is 14.0 Å². The van der Waals surface area contributed by atoms with Gasteiger partial charge in [0.15, 0.2) is 0 Å². The number of carbonyl (C=O) groups excluding carboxylic acids is 2. The van der Waals surface area contributed by atoms with Gasteiger partial charge in [0.05, 0.1) is 0 Å². The fraction of sp³-hybridized carbons (Fsp3) is 0.579. The summed E-state index contributed by atoms with van der Waals surface area (Å²) in [6, 6.07) is 5.48. The van der Waals surface area contributed by atoms with E-state index >= 15 is 0 Å². The molecule has 2 bridgehead atoms. The predicted octanol–water partition coefficient (Wildman–Crippen LogP) is 3.70. The van der Waals surface area contributed by atoms with Crippen molar-refractivity contribution in [1.82, 2.24) is 4.90 Å². The molecular formula is C19H24FNO4. The monoisotopic (exact) mass is 349 g/mol. The number of hydrogen-bond donors (Lipinski definition) is 0. The number of ether oxygens (including phenoxy) is 2. The molecule has 3 rings (SSSR count). The second-order valence-electron chi connectivity index (χ2n) is 7.81. The van der Waals surface area contributed by atoms with Crippen molar-refractivity contribution < 1.29 is 23.5 Å². The number of carbonyl (C=O) groups is 2. The van der Waals surface area contributed by atoms with Gasteiger partial charge in [-0.25, -0.2) is 9.18 Å². The zero-order chi connectivity index (χ0) is 18.2. The summed E-state index contributed by atoms with van der Waals surface area (Å²) in [7, 11) is 0. The molecule has 2 heterocycles. The summed E-state index contributed by atoms with van der Waals surface area (Å²) in [6.07, 6.45) is 1.33. The Bertz CT molecular complexity index is 634. The van der Waals surface area contributed by atoms with Crippen LogP contribution in [0.1, 0.15) is 46.5 Å². The molecule has 2 fully saturated rings. The van der Waals surface area contributed by atoms with Crippen LogP contribution >= 0.6 is 0 Å². The van der Waals surface area contributed by atoms with Gasteiger partial charge in [0, 0.05) is 37.8 Å². The standard InChI is InChI=1S/C19H24FNO4/c1-19(2,3)25-18(23)21-13-8-15(22)9-14(21)11-17(10-13)24-16-6-4-12(20)5-7-16/h4-7,13-14,17H,8-11H2,1-3H3/t13-,14-/m1/s1. The highest BCUT2D eigenvalue weighted by Gasteiger charge is 2.45. The van der Waals surface area contributed by atoms with Crippen LogP contribution in [0.5, 0.6) is 5.75 Å². The Morgan fingerprint density at radius 2 is 1.68 bits per heavy atom. The molecule has 0 saturated carbocycles. The minimum Gasteiger partial charge on any atom is -0.490 e. The number of amides is 1. The molecule has 6 heteroatoms. The van der Waals surface area contributed by atoms with Gasteiger partial charge >= 0.3 is 6.09 Å². The molecule has 1 aromatic rings. The Balaban J connectivity index is 1.71. The molecular weight excluding hydrogens is 325 g/mol. The molecule has 1 amide bonds. The molecule has 1 aromatic carbocycles. The highest BCUT2D eigenvalue weighted by atomic mass is 19.1. The normalized spacial score (nSPS) is 26.3. The number of hydrogen-bond acceptors (Lipinski definition) is 4. The van der Waals surface area contributed by atoms with Crippen LogP contribution in [0.4, 0.5) is 9.18 Å². The molecule has 2 aliphatic heterocycles. The molecule has 0 radical (unpaired) electrons. The van der Waals surface area contributed by atoms with Gasteiger partial charge in [0.2, 0.25) is 0 Å². The molecule has 5 nitrogen and oxygen atoms in total. The number of rotatable bonds is 2. The summed E-state index contributed by atoms with van der Waals surface area (Å²) in [5.41, 5.74) is -0.573. The van der Waals surface area contributed by atoms with Gasteiger partial charge in [0.25, 0.3) is 0 Å². The van der Waals surface area contributed by atoms with Gasteiger partial charge in [-0.15, -0.1) is 0 Å². The van der Waals surface area contributed by atoms with E-state index in [1.165, 1.54) is 12.1 Å². The van der Waals surface area contributed by atoms with Crippen LogP contribution in [0.3, 0.4) is 0 Å². The summed E-state index contributed by atoms with van der Waals surface area (Å²) in [5, 5.41) is 0. The van der Waals surface area contributed by atoms with Crippen molar-refractivity contribution in [2.45, 2.75) is 70.2 Å². The maximum absolute atomic E-state index is 13.0. The quantitative estimate of drug-likeness (QED) is 0.817.